The lowest BCUT2D eigenvalue weighted by atomic mass is 10.1. The molecule has 124 valence electrons. The first kappa shape index (κ1) is 15.1. The summed E-state index contributed by atoms with van der Waals surface area (Å²) in [5.41, 5.74) is 4.18. The lowest BCUT2D eigenvalue weighted by molar-refractivity contribution is 0.0964. The minimum absolute atomic E-state index is 0.128. The Labute approximate surface area is 143 Å². The Balaban J connectivity index is 1.54. The first-order valence-electron chi connectivity index (χ1n) is 7.82. The van der Waals surface area contributed by atoms with Crippen molar-refractivity contribution < 1.29 is 9.59 Å². The van der Waals surface area contributed by atoms with Crippen LogP contribution in [0.1, 0.15) is 32.0 Å². The minimum Gasteiger partial charge on any atom is -0.348 e. The van der Waals surface area contributed by atoms with Gasteiger partial charge in [0.2, 0.25) is 0 Å². The summed E-state index contributed by atoms with van der Waals surface area (Å²) in [6.07, 6.45) is 1.57. The number of nitrogens with one attached hydrogen (secondary N) is 2. The van der Waals surface area contributed by atoms with Crippen molar-refractivity contribution in [2.75, 3.05) is 5.32 Å². The monoisotopic (exact) mass is 333 g/mol. The Morgan fingerprint density at radius 1 is 1.24 bits per heavy atom. The van der Waals surface area contributed by atoms with Crippen LogP contribution in [-0.2, 0) is 6.54 Å². The van der Waals surface area contributed by atoms with Gasteiger partial charge in [-0.2, -0.15) is 0 Å². The van der Waals surface area contributed by atoms with Gasteiger partial charge in [-0.05, 0) is 42.3 Å². The molecule has 2 N–H and O–H groups in total. The Morgan fingerprint density at radius 2 is 2.12 bits per heavy atom. The lowest BCUT2D eigenvalue weighted by Crippen LogP contribution is -2.14. The molecule has 2 heterocycles. The smallest absolute Gasteiger partial charge is 0.277 e. The number of carbonyl (C=O) groups excluding carboxylic acids is 2. The Kier molecular flexibility index (Phi) is 3.53. The predicted octanol–water partition coefficient (Wildman–Crippen LogP) is 2.07. The molecular formula is C18H15N5O2. The van der Waals surface area contributed by atoms with Crippen LogP contribution >= 0.6 is 0 Å². The van der Waals surface area contributed by atoms with Crippen molar-refractivity contribution in [1.82, 2.24) is 20.3 Å². The van der Waals surface area contributed by atoms with E-state index in [4.69, 9.17) is 0 Å². The van der Waals surface area contributed by atoms with Crippen LogP contribution in [-0.4, -0.2) is 26.8 Å². The maximum absolute atomic E-state index is 12.4. The molecule has 3 aromatic rings. The number of aromatic nitrogens is 3. The number of rotatable bonds is 3. The SMILES string of the molecule is Cc1cccc(-n2cc(C(=O)Nc3ccc4c(c3)C(=O)NC4)nn2)c1. The second kappa shape index (κ2) is 5.86. The highest BCUT2D eigenvalue weighted by molar-refractivity contribution is 6.04. The van der Waals surface area contributed by atoms with Crippen LogP contribution in [0.15, 0.2) is 48.7 Å². The molecule has 2 aromatic carbocycles. The number of fused-ring (bicyclic) bond motifs is 1. The molecule has 2 amide bonds. The van der Waals surface area contributed by atoms with E-state index in [1.54, 1.807) is 23.0 Å². The molecule has 0 spiro atoms. The minimum atomic E-state index is -0.378. The highest BCUT2D eigenvalue weighted by Crippen LogP contribution is 2.20. The molecule has 1 aliphatic heterocycles. The molecule has 4 rings (SSSR count). The molecular weight excluding hydrogens is 318 g/mol. The van der Waals surface area contributed by atoms with Crippen molar-refractivity contribution in [1.29, 1.82) is 0 Å². The summed E-state index contributed by atoms with van der Waals surface area (Å²) < 4.78 is 1.55. The number of carbonyl (C=O) groups is 2. The number of anilines is 1. The summed E-state index contributed by atoms with van der Waals surface area (Å²) in [6.45, 7) is 2.51. The normalized spacial score (nSPS) is 12.6. The van der Waals surface area contributed by atoms with Gasteiger partial charge in [0.25, 0.3) is 11.8 Å². The predicted molar refractivity (Wildman–Crippen MR) is 91.7 cm³/mol. The highest BCUT2D eigenvalue weighted by atomic mass is 16.2. The van der Waals surface area contributed by atoms with E-state index in [0.29, 0.717) is 17.8 Å². The fraction of sp³-hybridized carbons (Fsp3) is 0.111. The Hall–Kier alpha value is -3.48. The van der Waals surface area contributed by atoms with E-state index in [2.05, 4.69) is 20.9 Å². The van der Waals surface area contributed by atoms with Crippen molar-refractivity contribution in [2.45, 2.75) is 13.5 Å². The molecule has 0 atom stereocenters. The molecule has 0 radical (unpaired) electrons. The zero-order valence-electron chi connectivity index (χ0n) is 13.5. The Bertz CT molecular complexity index is 993. The van der Waals surface area contributed by atoms with Crippen LogP contribution in [0.4, 0.5) is 5.69 Å². The zero-order valence-corrected chi connectivity index (χ0v) is 13.5. The molecule has 1 aromatic heterocycles. The van der Waals surface area contributed by atoms with Crippen LogP contribution in [0.5, 0.6) is 0 Å². The van der Waals surface area contributed by atoms with Gasteiger partial charge < -0.3 is 10.6 Å². The van der Waals surface area contributed by atoms with E-state index in [9.17, 15) is 9.59 Å². The van der Waals surface area contributed by atoms with Gasteiger partial charge >= 0.3 is 0 Å². The second-order valence-electron chi connectivity index (χ2n) is 5.90. The molecule has 0 bridgehead atoms. The van der Waals surface area contributed by atoms with Crippen molar-refractivity contribution in [2.24, 2.45) is 0 Å². The molecule has 0 aliphatic carbocycles. The number of amides is 2. The van der Waals surface area contributed by atoms with E-state index in [-0.39, 0.29) is 17.5 Å². The first-order valence-corrected chi connectivity index (χ1v) is 7.82. The summed E-state index contributed by atoms with van der Waals surface area (Å²) in [5.74, 6) is -0.506. The Morgan fingerprint density at radius 3 is 2.96 bits per heavy atom. The fourth-order valence-electron chi connectivity index (χ4n) is 2.75. The number of aryl methyl sites for hydroxylation is 1. The number of hydrogen-bond donors (Lipinski definition) is 2. The molecule has 0 saturated carbocycles. The third-order valence-corrected chi connectivity index (χ3v) is 4.04. The maximum Gasteiger partial charge on any atom is 0.277 e. The van der Waals surface area contributed by atoms with E-state index in [1.807, 2.05) is 37.3 Å². The van der Waals surface area contributed by atoms with E-state index < -0.39 is 0 Å². The fourth-order valence-corrected chi connectivity index (χ4v) is 2.75. The van der Waals surface area contributed by atoms with Crippen molar-refractivity contribution in [3.63, 3.8) is 0 Å². The number of hydrogen-bond acceptors (Lipinski definition) is 4. The maximum atomic E-state index is 12.4. The summed E-state index contributed by atoms with van der Waals surface area (Å²) in [5, 5.41) is 13.4. The average Bonchev–Trinajstić information content (AvgIpc) is 3.23. The van der Waals surface area contributed by atoms with Crippen LogP contribution < -0.4 is 10.6 Å². The van der Waals surface area contributed by atoms with Crippen LogP contribution in [0.3, 0.4) is 0 Å². The largest absolute Gasteiger partial charge is 0.348 e. The average molecular weight is 333 g/mol. The third kappa shape index (κ3) is 2.87. The molecule has 0 unspecified atom stereocenters. The third-order valence-electron chi connectivity index (χ3n) is 4.04. The number of benzene rings is 2. The van der Waals surface area contributed by atoms with Crippen LogP contribution in [0, 0.1) is 6.92 Å². The summed E-state index contributed by atoms with van der Waals surface area (Å²) in [4.78, 5) is 24.1. The van der Waals surface area contributed by atoms with Crippen molar-refractivity contribution in [3.05, 3.63) is 71.0 Å². The van der Waals surface area contributed by atoms with E-state index >= 15 is 0 Å². The first-order chi connectivity index (χ1) is 12.1. The van der Waals surface area contributed by atoms with Crippen LogP contribution in [0.25, 0.3) is 5.69 Å². The second-order valence-corrected chi connectivity index (χ2v) is 5.90. The number of nitrogens with zero attached hydrogens (tertiary/aromatic N) is 3. The van der Waals surface area contributed by atoms with Gasteiger partial charge in [0.1, 0.15) is 0 Å². The molecule has 1 aliphatic rings. The summed E-state index contributed by atoms with van der Waals surface area (Å²) in [6, 6.07) is 13.0. The van der Waals surface area contributed by atoms with Gasteiger partial charge in [0.05, 0.1) is 11.9 Å². The quantitative estimate of drug-likeness (QED) is 0.768. The molecule has 0 fully saturated rings. The summed E-state index contributed by atoms with van der Waals surface area (Å²) >= 11 is 0. The van der Waals surface area contributed by atoms with Crippen molar-refractivity contribution in [3.8, 4) is 5.69 Å². The highest BCUT2D eigenvalue weighted by Gasteiger charge is 2.19. The van der Waals surface area contributed by atoms with E-state index in [0.717, 1.165) is 16.8 Å². The van der Waals surface area contributed by atoms with Crippen molar-refractivity contribution >= 4 is 17.5 Å². The van der Waals surface area contributed by atoms with Gasteiger partial charge in [0, 0.05) is 17.8 Å². The van der Waals surface area contributed by atoms with Gasteiger partial charge in [-0.15, -0.1) is 5.10 Å². The molecule has 0 saturated heterocycles. The van der Waals surface area contributed by atoms with Gasteiger partial charge in [-0.25, -0.2) is 4.68 Å². The van der Waals surface area contributed by atoms with Gasteiger partial charge in [-0.1, -0.05) is 23.4 Å². The topological polar surface area (TPSA) is 88.9 Å². The van der Waals surface area contributed by atoms with Gasteiger partial charge in [0.15, 0.2) is 5.69 Å². The van der Waals surface area contributed by atoms with E-state index in [1.165, 1.54) is 0 Å². The molecule has 25 heavy (non-hydrogen) atoms. The standard InChI is InChI=1S/C18H15N5O2/c1-11-3-2-4-14(7-11)23-10-16(21-22-23)18(25)20-13-6-5-12-9-19-17(24)15(12)8-13/h2-8,10H,9H2,1H3,(H,19,24)(H,20,25). The molecule has 7 nitrogen and oxygen atoms in total. The lowest BCUT2D eigenvalue weighted by Gasteiger charge is -2.04. The zero-order chi connectivity index (χ0) is 17.4. The summed E-state index contributed by atoms with van der Waals surface area (Å²) in [7, 11) is 0. The van der Waals surface area contributed by atoms with Crippen LogP contribution in [0.2, 0.25) is 0 Å². The van der Waals surface area contributed by atoms with Gasteiger partial charge in [-0.3, -0.25) is 9.59 Å². The molecule has 7 heteroatoms.